The van der Waals surface area contributed by atoms with Crippen LogP contribution in [0.15, 0.2) is 66.9 Å². The van der Waals surface area contributed by atoms with Gasteiger partial charge in [0.15, 0.2) is 0 Å². The molecule has 2 aromatic carbocycles. The summed E-state index contributed by atoms with van der Waals surface area (Å²) in [6.07, 6.45) is -3.17. The topological polar surface area (TPSA) is 51.2 Å². The Kier molecular flexibility index (Phi) is 5.81. The number of nitrogens with one attached hydrogen (secondary N) is 1. The largest absolute Gasteiger partial charge is 0.497 e. The SMILES string of the molecule is COc1cccc(C(=O)NC(c2ccc(C(F)(F)F)cc2)c2ncccc2F)c1. The second-order valence-electron chi connectivity index (χ2n) is 6.13. The van der Waals surface area contributed by atoms with E-state index in [2.05, 4.69) is 10.3 Å². The Morgan fingerprint density at radius 2 is 1.79 bits per heavy atom. The van der Waals surface area contributed by atoms with Crippen LogP contribution in [-0.2, 0) is 6.18 Å². The number of aromatic nitrogens is 1. The third-order valence-electron chi connectivity index (χ3n) is 4.24. The highest BCUT2D eigenvalue weighted by molar-refractivity contribution is 5.95. The zero-order chi connectivity index (χ0) is 21.0. The first-order chi connectivity index (χ1) is 13.8. The second-order valence-corrected chi connectivity index (χ2v) is 6.13. The molecule has 29 heavy (non-hydrogen) atoms. The number of rotatable bonds is 5. The maximum Gasteiger partial charge on any atom is 0.416 e. The van der Waals surface area contributed by atoms with Crippen molar-refractivity contribution in [3.05, 3.63) is 95.1 Å². The average molecular weight is 404 g/mol. The minimum Gasteiger partial charge on any atom is -0.497 e. The lowest BCUT2D eigenvalue weighted by Crippen LogP contribution is -2.30. The molecule has 0 spiro atoms. The molecule has 4 nitrogen and oxygen atoms in total. The summed E-state index contributed by atoms with van der Waals surface area (Å²) in [5.41, 5.74) is -0.450. The molecule has 8 heteroatoms. The summed E-state index contributed by atoms with van der Waals surface area (Å²) in [4.78, 5) is 16.7. The van der Waals surface area contributed by atoms with Gasteiger partial charge in [0.1, 0.15) is 17.3 Å². The fourth-order valence-corrected chi connectivity index (χ4v) is 2.76. The van der Waals surface area contributed by atoms with Crippen LogP contribution in [0.3, 0.4) is 0 Å². The molecule has 0 bridgehead atoms. The van der Waals surface area contributed by atoms with E-state index in [4.69, 9.17) is 4.74 Å². The Labute approximate surface area is 164 Å². The molecule has 1 amide bonds. The predicted molar refractivity (Wildman–Crippen MR) is 97.9 cm³/mol. The molecule has 1 heterocycles. The van der Waals surface area contributed by atoms with Crippen LogP contribution in [0, 0.1) is 5.82 Å². The molecule has 150 valence electrons. The molecular weight excluding hydrogens is 388 g/mol. The van der Waals surface area contributed by atoms with Crippen molar-refractivity contribution in [1.29, 1.82) is 0 Å². The summed E-state index contributed by atoms with van der Waals surface area (Å²) in [6.45, 7) is 0. The maximum absolute atomic E-state index is 14.4. The van der Waals surface area contributed by atoms with Gasteiger partial charge in [0.05, 0.1) is 18.7 Å². The molecule has 0 saturated carbocycles. The molecule has 0 saturated heterocycles. The van der Waals surface area contributed by atoms with Gasteiger partial charge in [0, 0.05) is 11.8 Å². The normalized spacial score (nSPS) is 12.3. The average Bonchev–Trinajstić information content (AvgIpc) is 2.72. The zero-order valence-electron chi connectivity index (χ0n) is 15.2. The first kappa shape index (κ1) is 20.3. The second kappa shape index (κ2) is 8.30. The summed E-state index contributed by atoms with van der Waals surface area (Å²) in [7, 11) is 1.45. The number of hydrogen-bond acceptors (Lipinski definition) is 3. The van der Waals surface area contributed by atoms with Gasteiger partial charge in [-0.25, -0.2) is 4.39 Å². The van der Waals surface area contributed by atoms with E-state index in [1.54, 1.807) is 12.1 Å². The van der Waals surface area contributed by atoms with E-state index in [1.165, 1.54) is 43.6 Å². The molecule has 1 unspecified atom stereocenters. The fourth-order valence-electron chi connectivity index (χ4n) is 2.76. The highest BCUT2D eigenvalue weighted by Gasteiger charge is 2.31. The third-order valence-corrected chi connectivity index (χ3v) is 4.24. The number of ether oxygens (including phenoxy) is 1. The molecule has 1 atom stereocenters. The van der Waals surface area contributed by atoms with E-state index in [-0.39, 0.29) is 16.8 Å². The highest BCUT2D eigenvalue weighted by Crippen LogP contribution is 2.31. The highest BCUT2D eigenvalue weighted by atomic mass is 19.4. The predicted octanol–water partition coefficient (Wildman–Crippen LogP) is 4.77. The van der Waals surface area contributed by atoms with Gasteiger partial charge in [-0.1, -0.05) is 18.2 Å². The van der Waals surface area contributed by atoms with Gasteiger partial charge in [0.2, 0.25) is 0 Å². The van der Waals surface area contributed by atoms with E-state index in [0.29, 0.717) is 5.75 Å². The van der Waals surface area contributed by atoms with Crippen LogP contribution >= 0.6 is 0 Å². The molecule has 0 aliphatic heterocycles. The van der Waals surface area contributed by atoms with Crippen molar-refractivity contribution in [2.75, 3.05) is 7.11 Å². The number of pyridine rings is 1. The van der Waals surface area contributed by atoms with Crippen LogP contribution in [0.1, 0.15) is 33.2 Å². The summed E-state index contributed by atoms with van der Waals surface area (Å²) in [5.74, 6) is -0.796. The Balaban J connectivity index is 1.98. The summed E-state index contributed by atoms with van der Waals surface area (Å²) < 4.78 is 58.0. The van der Waals surface area contributed by atoms with Crippen LogP contribution in [0.2, 0.25) is 0 Å². The number of halogens is 4. The minimum absolute atomic E-state index is 0.108. The van der Waals surface area contributed by atoms with Crippen LogP contribution in [0.5, 0.6) is 5.75 Å². The zero-order valence-corrected chi connectivity index (χ0v) is 15.2. The van der Waals surface area contributed by atoms with E-state index in [9.17, 15) is 22.4 Å². The van der Waals surface area contributed by atoms with Crippen molar-refractivity contribution in [1.82, 2.24) is 10.3 Å². The monoisotopic (exact) mass is 404 g/mol. The lowest BCUT2D eigenvalue weighted by Gasteiger charge is -2.20. The van der Waals surface area contributed by atoms with Crippen LogP contribution < -0.4 is 10.1 Å². The number of nitrogens with zero attached hydrogens (tertiary/aromatic N) is 1. The lowest BCUT2D eigenvalue weighted by molar-refractivity contribution is -0.137. The molecule has 0 radical (unpaired) electrons. The Morgan fingerprint density at radius 1 is 1.07 bits per heavy atom. The van der Waals surface area contributed by atoms with Crippen LogP contribution in [0.4, 0.5) is 17.6 Å². The minimum atomic E-state index is -4.51. The number of hydrogen-bond donors (Lipinski definition) is 1. The number of amides is 1. The number of benzene rings is 2. The smallest absolute Gasteiger partial charge is 0.416 e. The molecule has 0 aliphatic carbocycles. The summed E-state index contributed by atoms with van der Waals surface area (Å²) >= 11 is 0. The van der Waals surface area contributed by atoms with Crippen molar-refractivity contribution in [3.63, 3.8) is 0 Å². The molecule has 3 aromatic rings. The van der Waals surface area contributed by atoms with Gasteiger partial charge >= 0.3 is 6.18 Å². The molecular formula is C21H16F4N2O2. The molecule has 0 fully saturated rings. The third kappa shape index (κ3) is 4.71. The van der Waals surface area contributed by atoms with Gasteiger partial charge in [0.25, 0.3) is 5.91 Å². The molecule has 1 aromatic heterocycles. The van der Waals surface area contributed by atoms with E-state index in [0.717, 1.165) is 18.2 Å². The first-order valence-electron chi connectivity index (χ1n) is 8.52. The molecule has 3 rings (SSSR count). The standard InChI is InChI=1S/C21H16F4N2O2/c1-29-16-5-2-4-14(12-16)20(28)27-18(19-17(22)6-3-11-26-19)13-7-9-15(10-8-13)21(23,24)25/h2-12,18H,1H3,(H,27,28). The van der Waals surface area contributed by atoms with Crippen molar-refractivity contribution in [2.45, 2.75) is 12.2 Å². The van der Waals surface area contributed by atoms with E-state index in [1.807, 2.05) is 0 Å². The maximum atomic E-state index is 14.4. The summed E-state index contributed by atoms with van der Waals surface area (Å²) in [6, 6.07) is 11.9. The molecule has 1 N–H and O–H groups in total. The van der Waals surface area contributed by atoms with Crippen molar-refractivity contribution < 1.29 is 27.1 Å². The number of carbonyl (C=O) groups excluding carboxylic acids is 1. The quantitative estimate of drug-likeness (QED) is 0.624. The number of methoxy groups -OCH3 is 1. The van der Waals surface area contributed by atoms with Gasteiger partial charge in [-0.2, -0.15) is 13.2 Å². The number of alkyl halides is 3. The van der Waals surface area contributed by atoms with Gasteiger partial charge in [-0.05, 0) is 48.0 Å². The van der Waals surface area contributed by atoms with Crippen LogP contribution in [0.25, 0.3) is 0 Å². The Morgan fingerprint density at radius 3 is 2.41 bits per heavy atom. The van der Waals surface area contributed by atoms with Gasteiger partial charge < -0.3 is 10.1 Å². The van der Waals surface area contributed by atoms with Crippen molar-refractivity contribution >= 4 is 5.91 Å². The van der Waals surface area contributed by atoms with Crippen molar-refractivity contribution in [2.24, 2.45) is 0 Å². The number of carbonyl (C=O) groups is 1. The van der Waals surface area contributed by atoms with E-state index < -0.39 is 29.5 Å². The first-order valence-corrected chi connectivity index (χ1v) is 8.52. The van der Waals surface area contributed by atoms with Crippen LogP contribution in [-0.4, -0.2) is 18.0 Å². The Bertz CT molecular complexity index is 1000. The van der Waals surface area contributed by atoms with Crippen molar-refractivity contribution in [3.8, 4) is 5.75 Å². The summed E-state index contributed by atoms with van der Waals surface area (Å²) in [5, 5.41) is 2.64. The Hall–Kier alpha value is -3.42. The van der Waals surface area contributed by atoms with E-state index >= 15 is 0 Å². The van der Waals surface area contributed by atoms with Gasteiger partial charge in [-0.3, -0.25) is 9.78 Å². The van der Waals surface area contributed by atoms with Gasteiger partial charge in [-0.15, -0.1) is 0 Å². The lowest BCUT2D eigenvalue weighted by atomic mass is 10.00. The fraction of sp³-hybridized carbons (Fsp3) is 0.143. The molecule has 0 aliphatic rings.